The van der Waals surface area contributed by atoms with Gasteiger partial charge in [0.1, 0.15) is 0 Å². The van der Waals surface area contributed by atoms with Crippen LogP contribution in [-0.4, -0.2) is 25.0 Å². The minimum absolute atomic E-state index is 0.246. The molecule has 3 heteroatoms. The van der Waals surface area contributed by atoms with Gasteiger partial charge in [-0.2, -0.15) is 0 Å². The van der Waals surface area contributed by atoms with Gasteiger partial charge in [0.25, 0.3) is 0 Å². The number of carbonyl (C=O) groups is 1. The molecule has 0 radical (unpaired) electrons. The Bertz CT molecular complexity index is 255. The molecule has 0 aromatic rings. The summed E-state index contributed by atoms with van der Waals surface area (Å²) >= 11 is 0. The molecular formula is C15H30N2O. The molecule has 1 aliphatic rings. The third-order valence-corrected chi connectivity index (χ3v) is 4.35. The highest BCUT2D eigenvalue weighted by Gasteiger charge is 2.32. The lowest BCUT2D eigenvalue weighted by atomic mass is 9.76. The van der Waals surface area contributed by atoms with Crippen LogP contribution in [0.15, 0.2) is 0 Å². The van der Waals surface area contributed by atoms with Crippen LogP contribution >= 0.6 is 0 Å². The second-order valence-electron chi connectivity index (χ2n) is 5.95. The lowest BCUT2D eigenvalue weighted by molar-refractivity contribution is -0.122. The van der Waals surface area contributed by atoms with Crippen LogP contribution in [-0.2, 0) is 4.79 Å². The van der Waals surface area contributed by atoms with E-state index in [1.165, 1.54) is 6.42 Å². The van der Waals surface area contributed by atoms with E-state index in [1.54, 1.807) is 0 Å². The minimum Gasteiger partial charge on any atom is -0.353 e. The van der Waals surface area contributed by atoms with Crippen molar-refractivity contribution in [1.29, 1.82) is 0 Å². The monoisotopic (exact) mass is 254 g/mol. The van der Waals surface area contributed by atoms with Gasteiger partial charge in [-0.15, -0.1) is 0 Å². The third kappa shape index (κ3) is 4.60. The average molecular weight is 254 g/mol. The summed E-state index contributed by atoms with van der Waals surface area (Å²) < 4.78 is 0. The summed E-state index contributed by atoms with van der Waals surface area (Å²) in [5.41, 5.74) is 0. The zero-order valence-corrected chi connectivity index (χ0v) is 12.5. The quantitative estimate of drug-likeness (QED) is 0.716. The highest BCUT2D eigenvalue weighted by Crippen LogP contribution is 2.28. The fraction of sp³-hybridized carbons (Fsp3) is 0.933. The Labute approximate surface area is 112 Å². The maximum absolute atomic E-state index is 11.9. The normalized spacial score (nSPS) is 32.2. The van der Waals surface area contributed by atoms with Gasteiger partial charge in [-0.25, -0.2) is 0 Å². The van der Waals surface area contributed by atoms with Crippen molar-refractivity contribution in [1.82, 2.24) is 10.6 Å². The van der Waals surface area contributed by atoms with Crippen LogP contribution in [0.1, 0.15) is 59.3 Å². The second-order valence-corrected chi connectivity index (χ2v) is 5.95. The first-order valence-electron chi connectivity index (χ1n) is 7.55. The largest absolute Gasteiger partial charge is 0.353 e. The topological polar surface area (TPSA) is 41.1 Å². The fourth-order valence-corrected chi connectivity index (χ4v) is 3.01. The van der Waals surface area contributed by atoms with Crippen LogP contribution in [0.25, 0.3) is 0 Å². The molecule has 1 rings (SSSR count). The molecular weight excluding hydrogens is 224 g/mol. The van der Waals surface area contributed by atoms with Crippen LogP contribution < -0.4 is 10.6 Å². The summed E-state index contributed by atoms with van der Waals surface area (Å²) in [4.78, 5) is 11.9. The summed E-state index contributed by atoms with van der Waals surface area (Å²) in [6.45, 7) is 6.71. The Morgan fingerprint density at radius 3 is 2.33 bits per heavy atom. The first-order valence-corrected chi connectivity index (χ1v) is 7.55. The van der Waals surface area contributed by atoms with Crippen molar-refractivity contribution in [3.8, 4) is 0 Å². The standard InChI is InChI=1S/C15H30N2O/c1-5-6-7-8-15(18)17-14-10-11(2)13(16-4)9-12(14)3/h11-14,16H,5-10H2,1-4H3,(H,17,18). The molecule has 0 aliphatic heterocycles. The fourth-order valence-electron chi connectivity index (χ4n) is 3.01. The third-order valence-electron chi connectivity index (χ3n) is 4.35. The molecule has 1 saturated carbocycles. The first-order chi connectivity index (χ1) is 8.58. The van der Waals surface area contributed by atoms with Crippen LogP contribution in [0.5, 0.6) is 0 Å². The zero-order valence-electron chi connectivity index (χ0n) is 12.5. The Morgan fingerprint density at radius 1 is 1.11 bits per heavy atom. The van der Waals surface area contributed by atoms with E-state index in [0.29, 0.717) is 30.3 Å². The van der Waals surface area contributed by atoms with Crippen LogP contribution in [0.2, 0.25) is 0 Å². The number of hydrogen-bond acceptors (Lipinski definition) is 2. The van der Waals surface area contributed by atoms with Gasteiger partial charge >= 0.3 is 0 Å². The molecule has 2 N–H and O–H groups in total. The molecule has 18 heavy (non-hydrogen) atoms. The van der Waals surface area contributed by atoms with Gasteiger partial charge in [0.05, 0.1) is 0 Å². The van der Waals surface area contributed by atoms with Crippen molar-refractivity contribution in [3.63, 3.8) is 0 Å². The predicted molar refractivity (Wildman–Crippen MR) is 76.5 cm³/mol. The van der Waals surface area contributed by atoms with Crippen LogP contribution in [0, 0.1) is 11.8 Å². The Kier molecular flexibility index (Phi) is 6.69. The van der Waals surface area contributed by atoms with E-state index >= 15 is 0 Å². The van der Waals surface area contributed by atoms with Gasteiger partial charge in [0, 0.05) is 18.5 Å². The van der Waals surface area contributed by atoms with Gasteiger partial charge in [0.2, 0.25) is 5.91 Å². The lowest BCUT2D eigenvalue weighted by Crippen LogP contribution is -2.49. The maximum Gasteiger partial charge on any atom is 0.220 e. The Hall–Kier alpha value is -0.570. The van der Waals surface area contributed by atoms with Gasteiger partial charge in [-0.1, -0.05) is 33.6 Å². The van der Waals surface area contributed by atoms with Crippen molar-refractivity contribution in [3.05, 3.63) is 0 Å². The predicted octanol–water partition coefficient (Wildman–Crippen LogP) is 2.71. The van der Waals surface area contributed by atoms with E-state index in [-0.39, 0.29) is 5.91 Å². The average Bonchev–Trinajstić information content (AvgIpc) is 2.33. The molecule has 106 valence electrons. The van der Waals surface area contributed by atoms with Gasteiger partial charge < -0.3 is 10.6 Å². The van der Waals surface area contributed by atoms with E-state index in [2.05, 4.69) is 31.4 Å². The highest BCUT2D eigenvalue weighted by atomic mass is 16.1. The zero-order chi connectivity index (χ0) is 13.5. The second kappa shape index (κ2) is 7.78. The summed E-state index contributed by atoms with van der Waals surface area (Å²) in [6.07, 6.45) is 6.32. The van der Waals surface area contributed by atoms with E-state index in [0.717, 1.165) is 25.7 Å². The SMILES string of the molecule is CCCCCC(=O)NC1CC(C)C(NC)CC1C. The molecule has 0 saturated heterocycles. The summed E-state index contributed by atoms with van der Waals surface area (Å²) in [6, 6.07) is 0.979. The Morgan fingerprint density at radius 2 is 1.72 bits per heavy atom. The van der Waals surface area contributed by atoms with Crippen molar-refractivity contribution >= 4 is 5.91 Å². The van der Waals surface area contributed by atoms with Gasteiger partial charge in [-0.3, -0.25) is 4.79 Å². The molecule has 3 nitrogen and oxygen atoms in total. The molecule has 0 aromatic carbocycles. The summed E-state index contributed by atoms with van der Waals surface area (Å²) in [5.74, 6) is 1.47. The smallest absolute Gasteiger partial charge is 0.220 e. The number of nitrogens with one attached hydrogen (secondary N) is 2. The van der Waals surface area contributed by atoms with E-state index in [4.69, 9.17) is 0 Å². The van der Waals surface area contributed by atoms with Gasteiger partial charge in [0.15, 0.2) is 0 Å². The molecule has 1 aliphatic carbocycles. The van der Waals surface area contributed by atoms with Crippen molar-refractivity contribution in [2.45, 2.75) is 71.4 Å². The molecule has 4 unspecified atom stereocenters. The van der Waals surface area contributed by atoms with Crippen molar-refractivity contribution in [2.75, 3.05) is 7.05 Å². The molecule has 0 heterocycles. The molecule has 0 spiro atoms. The number of hydrogen-bond donors (Lipinski definition) is 2. The van der Waals surface area contributed by atoms with E-state index < -0.39 is 0 Å². The van der Waals surface area contributed by atoms with Crippen molar-refractivity contribution < 1.29 is 4.79 Å². The van der Waals surface area contributed by atoms with E-state index in [9.17, 15) is 4.79 Å². The number of amides is 1. The maximum atomic E-state index is 11.9. The molecule has 1 amide bonds. The number of unbranched alkanes of at least 4 members (excludes halogenated alkanes) is 2. The minimum atomic E-state index is 0.246. The molecule has 0 aromatic heterocycles. The Balaban J connectivity index is 2.35. The van der Waals surface area contributed by atoms with Crippen LogP contribution in [0.3, 0.4) is 0 Å². The summed E-state index contributed by atoms with van der Waals surface area (Å²) in [7, 11) is 2.04. The highest BCUT2D eigenvalue weighted by molar-refractivity contribution is 5.76. The van der Waals surface area contributed by atoms with E-state index in [1.807, 2.05) is 7.05 Å². The number of carbonyl (C=O) groups excluding carboxylic acids is 1. The molecule has 1 fully saturated rings. The molecule has 0 bridgehead atoms. The van der Waals surface area contributed by atoms with Crippen LogP contribution in [0.4, 0.5) is 0 Å². The first kappa shape index (κ1) is 15.5. The molecule has 4 atom stereocenters. The van der Waals surface area contributed by atoms with Gasteiger partial charge in [-0.05, 0) is 38.1 Å². The number of rotatable bonds is 6. The van der Waals surface area contributed by atoms with Crippen molar-refractivity contribution in [2.24, 2.45) is 11.8 Å². The lowest BCUT2D eigenvalue weighted by Gasteiger charge is -2.39. The summed E-state index contributed by atoms with van der Waals surface area (Å²) in [5, 5.41) is 6.62.